The average Bonchev–Trinajstić information content (AvgIpc) is 2.75. The van der Waals surface area contributed by atoms with E-state index in [1.165, 1.54) is 52.5 Å². The number of hydrogen-bond donors (Lipinski definition) is 0. The molecule has 3 saturated heterocycles. The fourth-order valence-corrected chi connectivity index (χ4v) is 6.01. The lowest BCUT2D eigenvalue weighted by Crippen LogP contribution is -2.66. The summed E-state index contributed by atoms with van der Waals surface area (Å²) < 4.78 is 1.22. The Balaban J connectivity index is 1.51. The lowest BCUT2D eigenvalue weighted by molar-refractivity contribution is -0.981. The van der Waals surface area contributed by atoms with Gasteiger partial charge in [-0.15, -0.1) is 6.58 Å². The lowest BCUT2D eigenvalue weighted by Gasteiger charge is -2.57. The van der Waals surface area contributed by atoms with Crippen molar-refractivity contribution in [3.63, 3.8) is 0 Å². The summed E-state index contributed by atoms with van der Waals surface area (Å²) in [6, 6.07) is 20.7. The second kappa shape index (κ2) is 7.42. The van der Waals surface area contributed by atoms with Crippen LogP contribution in [0.15, 0.2) is 73.4 Å². The first-order valence-corrected chi connectivity index (χ1v) is 11.0. The molecule has 2 bridgehead atoms. The fourth-order valence-electron chi connectivity index (χ4n) is 6.01. The third kappa shape index (κ3) is 3.40. The van der Waals surface area contributed by atoms with E-state index in [9.17, 15) is 0 Å². The van der Waals surface area contributed by atoms with E-state index < -0.39 is 0 Å². The Morgan fingerprint density at radius 2 is 2.00 bits per heavy atom. The molecular formula is C27H31N2+. The summed E-state index contributed by atoms with van der Waals surface area (Å²) in [6.07, 6.45) is 8.05. The Hall–Kier alpha value is -2.45. The van der Waals surface area contributed by atoms with Gasteiger partial charge in [0.2, 0.25) is 0 Å². The molecule has 1 aromatic heterocycles. The third-order valence-corrected chi connectivity index (χ3v) is 7.56. The zero-order valence-corrected chi connectivity index (χ0v) is 17.4. The SMILES string of the molecule is C=CC1C[N+]2(Cc3ccccc3)CCC1CC2Cc1ccnc2ccc(C)cc12. The van der Waals surface area contributed by atoms with Gasteiger partial charge < -0.3 is 4.48 Å². The van der Waals surface area contributed by atoms with Crippen LogP contribution in [-0.4, -0.2) is 28.6 Å². The van der Waals surface area contributed by atoms with E-state index in [1.54, 1.807) is 0 Å². The summed E-state index contributed by atoms with van der Waals surface area (Å²) >= 11 is 0. The molecule has 0 N–H and O–H groups in total. The van der Waals surface area contributed by atoms with Gasteiger partial charge in [0.05, 0.1) is 24.6 Å². The molecule has 3 aromatic rings. The molecule has 4 unspecified atom stereocenters. The first-order chi connectivity index (χ1) is 14.2. The van der Waals surface area contributed by atoms with Crippen molar-refractivity contribution in [2.24, 2.45) is 11.8 Å². The number of hydrogen-bond acceptors (Lipinski definition) is 1. The summed E-state index contributed by atoms with van der Waals surface area (Å²) in [6.45, 7) is 10.1. The van der Waals surface area contributed by atoms with Crippen LogP contribution in [0.5, 0.6) is 0 Å². The molecule has 2 heteroatoms. The number of quaternary nitrogens is 1. The Labute approximate surface area is 174 Å². The predicted molar refractivity (Wildman–Crippen MR) is 121 cm³/mol. The van der Waals surface area contributed by atoms with E-state index in [1.807, 2.05) is 6.20 Å². The quantitative estimate of drug-likeness (QED) is 0.407. The number of aryl methyl sites for hydroxylation is 1. The highest BCUT2D eigenvalue weighted by molar-refractivity contribution is 5.82. The zero-order chi connectivity index (χ0) is 19.8. The smallest absolute Gasteiger partial charge is 0.105 e. The van der Waals surface area contributed by atoms with Crippen LogP contribution in [0.3, 0.4) is 0 Å². The lowest BCUT2D eigenvalue weighted by atomic mass is 9.72. The Morgan fingerprint density at radius 3 is 2.83 bits per heavy atom. The monoisotopic (exact) mass is 383 g/mol. The van der Waals surface area contributed by atoms with Gasteiger partial charge in [0.15, 0.2) is 0 Å². The first-order valence-electron chi connectivity index (χ1n) is 11.0. The number of rotatable bonds is 5. The molecular weight excluding hydrogens is 352 g/mol. The first kappa shape index (κ1) is 18.6. The third-order valence-electron chi connectivity index (χ3n) is 7.56. The van der Waals surface area contributed by atoms with Crippen LogP contribution in [0.2, 0.25) is 0 Å². The van der Waals surface area contributed by atoms with Crippen LogP contribution < -0.4 is 0 Å². The Morgan fingerprint density at radius 1 is 1.14 bits per heavy atom. The molecule has 0 spiro atoms. The maximum Gasteiger partial charge on any atom is 0.105 e. The number of piperidine rings is 3. The van der Waals surface area contributed by atoms with Crippen LogP contribution in [0.25, 0.3) is 10.9 Å². The number of fused-ring (bicyclic) bond motifs is 4. The summed E-state index contributed by atoms with van der Waals surface area (Å²) in [5.74, 6) is 1.48. The molecule has 0 amide bonds. The number of benzene rings is 2. The maximum absolute atomic E-state index is 4.62. The Kier molecular flexibility index (Phi) is 4.75. The predicted octanol–water partition coefficient (Wildman–Crippen LogP) is 5.70. The summed E-state index contributed by atoms with van der Waals surface area (Å²) in [4.78, 5) is 4.62. The minimum absolute atomic E-state index is 0.667. The molecule has 148 valence electrons. The normalized spacial score (nSPS) is 28.5. The number of pyridine rings is 1. The van der Waals surface area contributed by atoms with Gasteiger partial charge in [-0.05, 0) is 36.6 Å². The van der Waals surface area contributed by atoms with Crippen molar-refractivity contribution in [2.45, 2.75) is 38.8 Å². The van der Waals surface area contributed by atoms with Gasteiger partial charge in [-0.25, -0.2) is 0 Å². The maximum atomic E-state index is 4.62. The highest BCUT2D eigenvalue weighted by Gasteiger charge is 2.50. The van der Waals surface area contributed by atoms with Crippen molar-refractivity contribution >= 4 is 10.9 Å². The average molecular weight is 384 g/mol. The molecule has 2 aromatic carbocycles. The summed E-state index contributed by atoms with van der Waals surface area (Å²) in [5.41, 5.74) is 5.38. The minimum atomic E-state index is 0.667. The van der Waals surface area contributed by atoms with Gasteiger partial charge in [0.25, 0.3) is 0 Å². The largest absolute Gasteiger partial charge is 0.317 e. The van der Waals surface area contributed by atoms with Crippen LogP contribution in [-0.2, 0) is 13.0 Å². The zero-order valence-electron chi connectivity index (χ0n) is 17.4. The van der Waals surface area contributed by atoms with Crippen LogP contribution >= 0.6 is 0 Å². The number of nitrogens with zero attached hydrogens (tertiary/aromatic N) is 2. The molecule has 29 heavy (non-hydrogen) atoms. The molecule has 3 aliphatic rings. The van der Waals surface area contributed by atoms with E-state index in [-0.39, 0.29) is 0 Å². The minimum Gasteiger partial charge on any atom is -0.317 e. The molecule has 0 radical (unpaired) electrons. The molecule has 0 aliphatic carbocycles. The molecule has 2 nitrogen and oxygen atoms in total. The topological polar surface area (TPSA) is 12.9 Å². The van der Waals surface area contributed by atoms with Crippen molar-refractivity contribution in [1.29, 1.82) is 0 Å². The summed E-state index contributed by atoms with van der Waals surface area (Å²) in [7, 11) is 0. The fraction of sp³-hybridized carbons (Fsp3) is 0.370. The second-order valence-corrected chi connectivity index (χ2v) is 9.30. The highest BCUT2D eigenvalue weighted by Crippen LogP contribution is 2.45. The van der Waals surface area contributed by atoms with Gasteiger partial charge in [0.1, 0.15) is 6.54 Å². The van der Waals surface area contributed by atoms with Crippen molar-refractivity contribution in [2.75, 3.05) is 13.1 Å². The van der Waals surface area contributed by atoms with Gasteiger partial charge in [-0.1, -0.05) is 48.0 Å². The Bertz CT molecular complexity index is 1030. The van der Waals surface area contributed by atoms with Crippen molar-refractivity contribution in [3.8, 4) is 0 Å². The van der Waals surface area contributed by atoms with Gasteiger partial charge in [-0.3, -0.25) is 4.98 Å². The molecule has 3 fully saturated rings. The van der Waals surface area contributed by atoms with Crippen molar-refractivity contribution in [1.82, 2.24) is 4.98 Å². The van der Waals surface area contributed by atoms with Crippen LogP contribution in [0, 0.1) is 18.8 Å². The summed E-state index contributed by atoms with van der Waals surface area (Å²) in [5, 5.41) is 1.34. The van der Waals surface area contributed by atoms with Crippen LogP contribution in [0.4, 0.5) is 0 Å². The van der Waals surface area contributed by atoms with E-state index in [2.05, 4.69) is 79.2 Å². The highest BCUT2D eigenvalue weighted by atomic mass is 15.4. The van der Waals surface area contributed by atoms with Crippen molar-refractivity contribution < 1.29 is 4.48 Å². The molecule has 0 saturated carbocycles. The molecule has 4 heterocycles. The van der Waals surface area contributed by atoms with E-state index in [4.69, 9.17) is 0 Å². The van der Waals surface area contributed by atoms with Crippen LogP contribution in [0.1, 0.15) is 29.5 Å². The van der Waals surface area contributed by atoms with Crippen molar-refractivity contribution in [3.05, 3.63) is 90.1 Å². The molecule has 4 atom stereocenters. The standard InChI is InChI=1S/C27H31N2/c1-3-22-19-29(18-21-7-5-4-6-8-21)14-12-23(22)16-25(29)17-24-11-13-28-27-10-9-20(2)15-26(24)27/h3-11,13,15,22-23,25H,1,12,14,16-19H2,2H3/q+1. The van der Waals surface area contributed by atoms with E-state index in [0.29, 0.717) is 12.0 Å². The number of aromatic nitrogens is 1. The van der Waals surface area contributed by atoms with E-state index >= 15 is 0 Å². The molecule has 6 rings (SSSR count). The molecule has 3 aliphatic heterocycles. The second-order valence-electron chi connectivity index (χ2n) is 9.30. The van der Waals surface area contributed by atoms with E-state index in [0.717, 1.165) is 24.4 Å². The van der Waals surface area contributed by atoms with Gasteiger partial charge in [0, 0.05) is 42.3 Å². The van der Waals surface area contributed by atoms with Gasteiger partial charge in [-0.2, -0.15) is 0 Å². The van der Waals surface area contributed by atoms with Gasteiger partial charge >= 0.3 is 0 Å².